The molecule has 0 rings (SSSR count). The molecule has 30 valence electrons. The van der Waals surface area contributed by atoms with Gasteiger partial charge in [0.25, 0.3) is 0 Å². The molecular weight excluding hydrogens is 99.6 g/mol. The number of hydrogen-bond donors (Lipinski definition) is 0. The summed E-state index contributed by atoms with van der Waals surface area (Å²) >= 11 is 0. The molecule has 0 aliphatic heterocycles. The fourth-order valence-corrected chi connectivity index (χ4v) is 0. The molecule has 0 spiro atoms. The molecule has 0 saturated carbocycles. The Morgan fingerprint density at radius 1 is 1.25 bits per heavy atom. The average molecular weight is 107 g/mol. The minimum atomic E-state index is 0. The minimum absolute atomic E-state index is 0. The van der Waals surface area contributed by atoms with Gasteiger partial charge in [0.1, 0.15) is 0 Å². The van der Waals surface area contributed by atoms with Crippen LogP contribution >= 0.6 is 0 Å². The van der Waals surface area contributed by atoms with Crippen LogP contribution in [0.4, 0.5) is 0 Å². The van der Waals surface area contributed by atoms with Crippen molar-refractivity contribution in [2.24, 2.45) is 0 Å². The molecule has 0 aliphatic rings. The largest absolute Gasteiger partial charge is 1.00 e. The molecule has 1 heteroatoms. The zero-order chi connectivity index (χ0) is 2.71. The molecule has 0 bridgehead atoms. The molecule has 0 aromatic carbocycles. The summed E-state index contributed by atoms with van der Waals surface area (Å²) in [5.74, 6) is 0. The molecule has 0 radical (unpaired) electrons. The van der Waals surface area contributed by atoms with Gasteiger partial charge in [-0.2, -0.15) is 13.8 Å². The van der Waals surface area contributed by atoms with Crippen molar-refractivity contribution in [2.75, 3.05) is 0 Å². The van der Waals surface area contributed by atoms with E-state index >= 15 is 0 Å². The zero-order valence-corrected chi connectivity index (χ0v) is 3.82. The fraction of sp³-hybridized carbons (Fsp3) is 0.667. The molecule has 0 fully saturated rings. The molecular formula is C3H7Cu. The van der Waals surface area contributed by atoms with Crippen LogP contribution in [-0.4, -0.2) is 0 Å². The number of hydrogen-bond acceptors (Lipinski definition) is 0. The van der Waals surface area contributed by atoms with E-state index in [9.17, 15) is 0 Å². The first kappa shape index (κ1) is 8.82. The standard InChI is InChI=1S/C3H7.Cu/c1-3-2;/h3H,1-2H3;/q-1;+1. The van der Waals surface area contributed by atoms with Crippen LogP contribution < -0.4 is 0 Å². The summed E-state index contributed by atoms with van der Waals surface area (Å²) in [6.45, 7) is 4.00. The van der Waals surface area contributed by atoms with Crippen molar-refractivity contribution in [2.45, 2.75) is 13.8 Å². The van der Waals surface area contributed by atoms with Crippen LogP contribution in [0.25, 0.3) is 0 Å². The van der Waals surface area contributed by atoms with Gasteiger partial charge >= 0.3 is 17.1 Å². The van der Waals surface area contributed by atoms with Crippen molar-refractivity contribution in [1.82, 2.24) is 0 Å². The SMILES string of the molecule is C[CH-]C.[Cu+]. The predicted octanol–water partition coefficient (Wildman–Crippen LogP) is 1.23. The van der Waals surface area contributed by atoms with Crippen molar-refractivity contribution in [1.29, 1.82) is 0 Å². The molecule has 0 atom stereocenters. The Hall–Kier alpha value is 0.519. The second-order valence-corrected chi connectivity index (χ2v) is 0.577. The van der Waals surface area contributed by atoms with Crippen LogP contribution in [0.15, 0.2) is 0 Å². The van der Waals surface area contributed by atoms with E-state index in [1.807, 2.05) is 20.3 Å². The number of rotatable bonds is 0. The molecule has 0 nitrogen and oxygen atoms in total. The third kappa shape index (κ3) is 21.6. The Kier molecular flexibility index (Phi) is 21.3. The second kappa shape index (κ2) is 9.68. The minimum Gasteiger partial charge on any atom is -0.335 e. The predicted molar refractivity (Wildman–Crippen MR) is 15.6 cm³/mol. The van der Waals surface area contributed by atoms with E-state index in [4.69, 9.17) is 0 Å². The Labute approximate surface area is 38.1 Å². The third-order valence-corrected chi connectivity index (χ3v) is 0. The van der Waals surface area contributed by atoms with Crippen LogP contribution in [-0.2, 0) is 17.1 Å². The van der Waals surface area contributed by atoms with Gasteiger partial charge in [-0.05, 0) is 0 Å². The van der Waals surface area contributed by atoms with Crippen LogP contribution in [0.2, 0.25) is 0 Å². The van der Waals surface area contributed by atoms with Crippen molar-refractivity contribution in [3.63, 3.8) is 0 Å². The fourth-order valence-electron chi connectivity index (χ4n) is 0. The summed E-state index contributed by atoms with van der Waals surface area (Å²) in [5.41, 5.74) is 0. The summed E-state index contributed by atoms with van der Waals surface area (Å²) in [6, 6.07) is 0. The monoisotopic (exact) mass is 106 g/mol. The Morgan fingerprint density at radius 2 is 1.25 bits per heavy atom. The van der Waals surface area contributed by atoms with Gasteiger partial charge in [-0.3, -0.25) is 0 Å². The molecule has 0 aromatic rings. The molecule has 0 unspecified atom stereocenters. The quantitative estimate of drug-likeness (QED) is 0.322. The van der Waals surface area contributed by atoms with E-state index < -0.39 is 0 Å². The van der Waals surface area contributed by atoms with Crippen LogP contribution in [0.1, 0.15) is 13.8 Å². The molecule has 0 aliphatic carbocycles. The molecule has 0 heterocycles. The average Bonchev–Trinajstić information content (AvgIpc) is 0.918. The van der Waals surface area contributed by atoms with Gasteiger partial charge in [-0.25, -0.2) is 0 Å². The topological polar surface area (TPSA) is 0 Å². The molecule has 4 heavy (non-hydrogen) atoms. The van der Waals surface area contributed by atoms with E-state index in [1.54, 1.807) is 0 Å². The smallest absolute Gasteiger partial charge is 0.335 e. The summed E-state index contributed by atoms with van der Waals surface area (Å²) in [5, 5.41) is 0. The van der Waals surface area contributed by atoms with Crippen LogP contribution in [0, 0.1) is 6.42 Å². The van der Waals surface area contributed by atoms with E-state index in [-0.39, 0.29) is 17.1 Å². The molecule has 0 amide bonds. The van der Waals surface area contributed by atoms with Gasteiger partial charge in [0.2, 0.25) is 0 Å². The van der Waals surface area contributed by atoms with Crippen molar-refractivity contribution in [3.8, 4) is 0 Å². The van der Waals surface area contributed by atoms with Crippen LogP contribution in [0.3, 0.4) is 0 Å². The normalized spacial score (nSPS) is 4.50. The van der Waals surface area contributed by atoms with Gasteiger partial charge in [0, 0.05) is 0 Å². The maximum Gasteiger partial charge on any atom is 1.00 e. The third-order valence-electron chi connectivity index (χ3n) is 0. The Bertz CT molecular complexity index is 3.25. The van der Waals surface area contributed by atoms with Gasteiger partial charge in [-0.15, -0.1) is 0 Å². The van der Waals surface area contributed by atoms with E-state index in [0.717, 1.165) is 0 Å². The van der Waals surface area contributed by atoms with Crippen molar-refractivity contribution < 1.29 is 17.1 Å². The summed E-state index contributed by atoms with van der Waals surface area (Å²) in [4.78, 5) is 0. The first-order chi connectivity index (χ1) is 1.41. The van der Waals surface area contributed by atoms with Crippen molar-refractivity contribution >= 4 is 0 Å². The first-order valence-corrected chi connectivity index (χ1v) is 1.15. The van der Waals surface area contributed by atoms with Gasteiger partial charge in [0.05, 0.1) is 0 Å². The van der Waals surface area contributed by atoms with E-state index in [0.29, 0.717) is 0 Å². The molecule has 0 aromatic heterocycles. The Balaban J connectivity index is 0. The van der Waals surface area contributed by atoms with E-state index in [1.165, 1.54) is 0 Å². The summed E-state index contributed by atoms with van der Waals surface area (Å²) in [6.07, 6.45) is 2.00. The summed E-state index contributed by atoms with van der Waals surface area (Å²) in [7, 11) is 0. The first-order valence-electron chi connectivity index (χ1n) is 1.15. The van der Waals surface area contributed by atoms with Gasteiger partial charge < -0.3 is 6.42 Å². The van der Waals surface area contributed by atoms with Gasteiger partial charge in [0.15, 0.2) is 0 Å². The maximum absolute atomic E-state index is 2.00. The Morgan fingerprint density at radius 3 is 1.25 bits per heavy atom. The van der Waals surface area contributed by atoms with E-state index in [2.05, 4.69) is 0 Å². The van der Waals surface area contributed by atoms with Crippen LogP contribution in [0.5, 0.6) is 0 Å². The maximum atomic E-state index is 2.00. The molecule has 0 N–H and O–H groups in total. The van der Waals surface area contributed by atoms with Gasteiger partial charge in [-0.1, -0.05) is 0 Å². The second-order valence-electron chi connectivity index (χ2n) is 0.577. The summed E-state index contributed by atoms with van der Waals surface area (Å²) < 4.78 is 0. The zero-order valence-electron chi connectivity index (χ0n) is 2.88. The van der Waals surface area contributed by atoms with Crippen molar-refractivity contribution in [3.05, 3.63) is 6.42 Å². The molecule has 0 saturated heterocycles.